The second-order valence-corrected chi connectivity index (χ2v) is 29.5. The zero-order valence-corrected chi connectivity index (χ0v) is 71.7. The number of fused-ring (bicyclic) bond motifs is 8. The molecule has 0 aliphatic carbocycles. The zero-order valence-electron chi connectivity index (χ0n) is 70.9. The van der Waals surface area contributed by atoms with Crippen molar-refractivity contribution in [2.45, 2.75) is 96.9 Å². The van der Waals surface area contributed by atoms with Crippen molar-refractivity contribution >= 4 is 140 Å². The van der Waals surface area contributed by atoms with E-state index in [0.717, 1.165) is 64.5 Å². The molecule has 0 aliphatic heterocycles. The van der Waals surface area contributed by atoms with E-state index in [1.165, 1.54) is 36.9 Å². The van der Waals surface area contributed by atoms with Gasteiger partial charge in [-0.3, -0.25) is 29.0 Å². The molecule has 0 spiro atoms. The molecule has 8 aromatic heterocycles. The van der Waals surface area contributed by atoms with Gasteiger partial charge in [-0.25, -0.2) is 29.9 Å². The van der Waals surface area contributed by atoms with Gasteiger partial charge in [-0.05, 0) is 118 Å². The molecule has 0 saturated heterocycles. The first-order chi connectivity index (χ1) is 59.4. The lowest BCUT2D eigenvalue weighted by molar-refractivity contribution is -0.117. The van der Waals surface area contributed by atoms with E-state index in [0.29, 0.717) is 172 Å². The molecule has 2 N–H and O–H groups in total. The number of hydrogen-bond donors (Lipinski definition) is 2. The van der Waals surface area contributed by atoms with E-state index in [1.807, 2.05) is 145 Å². The summed E-state index contributed by atoms with van der Waals surface area (Å²) in [6.07, 6.45) is 7.49. The van der Waals surface area contributed by atoms with Crippen molar-refractivity contribution in [1.29, 1.82) is 5.26 Å². The van der Waals surface area contributed by atoms with Gasteiger partial charge in [0.2, 0.25) is 5.88 Å². The van der Waals surface area contributed by atoms with Crippen LogP contribution < -0.4 is 53.4 Å². The van der Waals surface area contributed by atoms with Crippen molar-refractivity contribution in [3.05, 3.63) is 209 Å². The summed E-state index contributed by atoms with van der Waals surface area (Å²) in [6, 6.07) is 40.8. The van der Waals surface area contributed by atoms with Gasteiger partial charge < -0.3 is 71.1 Å². The van der Waals surface area contributed by atoms with E-state index in [-0.39, 0.29) is 53.5 Å². The molecule has 0 saturated carbocycles. The van der Waals surface area contributed by atoms with Crippen molar-refractivity contribution in [1.82, 2.24) is 45.5 Å². The summed E-state index contributed by atoms with van der Waals surface area (Å²) in [5, 5.41) is 22.1. The number of aryl methyl sites for hydroxylation is 3. The molecule has 0 radical (unpaired) electrons. The number of carbonyl (C=O) groups is 5. The number of amides is 1. The number of pyridine rings is 1. The summed E-state index contributed by atoms with van der Waals surface area (Å²) in [4.78, 5) is 94.8. The zero-order chi connectivity index (χ0) is 87.6. The second-order valence-electron chi connectivity index (χ2n) is 28.5. The normalized spacial score (nSPS) is 11.1. The monoisotopic (exact) mass is 1680 g/mol. The highest BCUT2D eigenvalue weighted by Gasteiger charge is 2.27. The number of ether oxygens (including phenoxy) is 8. The Hall–Kier alpha value is -14.5. The summed E-state index contributed by atoms with van der Waals surface area (Å²) in [6.45, 7) is 15.2. The van der Waals surface area contributed by atoms with E-state index in [2.05, 4.69) is 51.6 Å². The first-order valence-corrected chi connectivity index (χ1v) is 40.1. The summed E-state index contributed by atoms with van der Waals surface area (Å²) in [5.74, 6) is 8.61. The van der Waals surface area contributed by atoms with Crippen LogP contribution in [0.1, 0.15) is 135 Å². The molecule has 8 aromatic carbocycles. The molecule has 8 heterocycles. The fourth-order valence-electron chi connectivity index (χ4n) is 14.4. The minimum atomic E-state index is -0.182. The Morgan fingerprint density at radius 3 is 1.49 bits per heavy atom. The number of methoxy groups -OCH3 is 6. The van der Waals surface area contributed by atoms with Crippen LogP contribution in [-0.2, 0) is 11.2 Å². The topological polar surface area (TPSA) is 353 Å². The van der Waals surface area contributed by atoms with Crippen LogP contribution in [0.4, 0.5) is 11.5 Å². The van der Waals surface area contributed by atoms with Gasteiger partial charge in [-0.1, -0.05) is 52.4 Å². The summed E-state index contributed by atoms with van der Waals surface area (Å²) in [7, 11) is 14.8. The number of nitrogens with zero attached hydrogens (tertiary/aromatic N) is 9. The molecule has 28 nitrogen and oxygen atoms in total. The first-order valence-electron chi connectivity index (χ1n) is 39.3. The number of furan rings is 4. The van der Waals surface area contributed by atoms with Gasteiger partial charge in [0, 0.05) is 137 Å². The average molecular weight is 1680 g/mol. The lowest BCUT2D eigenvalue weighted by atomic mass is 10.0. The van der Waals surface area contributed by atoms with Crippen LogP contribution >= 0.6 is 11.8 Å². The number of anilines is 2. The third kappa shape index (κ3) is 17.9. The van der Waals surface area contributed by atoms with Crippen LogP contribution in [-0.4, -0.2) is 134 Å². The molecule has 1 amide bonds. The quantitative estimate of drug-likeness (QED) is 0.0375. The SMILES string of the molecule is CCC(=O)c1c(C)oc2cc(N(C)c3ncnc4cc(OC)c(OC)cc34)ccc12.CCC(=O)c1c(C)oc2cc(Oc3c(C#N)cnc4ccc(CC(=O)CNC)cc34)ccc12.CCC(=O)c1c(C)oc2cc(Sc3ncnc4cc(OC)c(OC)cc34)ccc12.CNC(=O)c1c(C(C)C)oc2cc(Oc3ncnc4cc(OC)c(OC)cc34)ccc12. The van der Waals surface area contributed by atoms with Crippen molar-refractivity contribution < 1.29 is 79.5 Å². The Labute approximate surface area is 711 Å². The maximum absolute atomic E-state index is 12.4. The Morgan fingerprint density at radius 2 is 0.951 bits per heavy atom. The van der Waals surface area contributed by atoms with Gasteiger partial charge in [0.25, 0.3) is 5.91 Å². The van der Waals surface area contributed by atoms with Gasteiger partial charge in [-0.2, -0.15) is 5.26 Å². The van der Waals surface area contributed by atoms with E-state index in [1.54, 1.807) is 106 Å². The highest BCUT2D eigenvalue weighted by atomic mass is 32.2. The lowest BCUT2D eigenvalue weighted by Crippen LogP contribution is -2.20. The number of hydrogen-bond acceptors (Lipinski definition) is 28. The maximum Gasteiger partial charge on any atom is 0.255 e. The largest absolute Gasteiger partial charge is 0.493 e. The number of Topliss-reactive ketones (excluding diaryl/α,β-unsaturated/α-hetero) is 4. The number of ketones is 4. The van der Waals surface area contributed by atoms with Gasteiger partial charge >= 0.3 is 0 Å². The van der Waals surface area contributed by atoms with E-state index in [4.69, 9.17) is 55.6 Å². The number of carbonyl (C=O) groups excluding carboxylic acids is 5. The van der Waals surface area contributed by atoms with Gasteiger partial charge in [0.15, 0.2) is 63.4 Å². The molecule has 0 fully saturated rings. The number of aromatic nitrogens is 7. The minimum absolute atomic E-state index is 0.0205. The molecule has 0 aliphatic rings. The van der Waals surface area contributed by atoms with Gasteiger partial charge in [0.1, 0.15) is 98.3 Å². The summed E-state index contributed by atoms with van der Waals surface area (Å²) in [5.41, 5.74) is 9.72. The van der Waals surface area contributed by atoms with E-state index >= 15 is 0 Å². The smallest absolute Gasteiger partial charge is 0.255 e. The third-order valence-electron chi connectivity index (χ3n) is 20.5. The predicted octanol–water partition coefficient (Wildman–Crippen LogP) is 20.1. The third-order valence-corrected chi connectivity index (χ3v) is 21.5. The molecular weight excluding hydrogens is 1590 g/mol. The second kappa shape index (κ2) is 37.8. The lowest BCUT2D eigenvalue weighted by Gasteiger charge is -2.20. The first kappa shape index (κ1) is 86.4. The van der Waals surface area contributed by atoms with Crippen LogP contribution in [0.3, 0.4) is 0 Å². The van der Waals surface area contributed by atoms with Gasteiger partial charge in [0.05, 0.1) is 98.9 Å². The van der Waals surface area contributed by atoms with Gasteiger partial charge in [-0.15, -0.1) is 0 Å². The van der Waals surface area contributed by atoms with Crippen molar-refractivity contribution in [3.8, 4) is 63.7 Å². The predicted molar refractivity (Wildman–Crippen MR) is 470 cm³/mol. The number of rotatable bonds is 26. The molecular formula is C94H89N11O17S. The maximum atomic E-state index is 12.4. The highest BCUT2D eigenvalue weighted by Crippen LogP contribution is 2.44. The standard InChI is InChI=1S/C26H23N3O4.C23H23N3O5.C23H23N3O4.C22H20N2O4S/c1-4-23(31)25-15(2)32-24-11-19(6-7-20(24)25)33-26-17(12-27)13-29-22-8-5-16(10-21(22)26)9-18(30)14-28-3;1-12(2)21-20(22(27)24-3)14-7-6-13(8-17(14)31-21)30-23-15-9-18(28-4)19(29-5)10-16(15)25-11-26-23;1-6-18(27)22-13(2)30-19-9-14(7-8-15(19)22)26(3)23-16-10-20(28-4)21(29-5)11-17(16)24-12-25-23;1-5-17(25)21-12(2)28-18-8-13(6-7-14(18)21)29-22-15-9-19(26-3)20(27-4)10-16(15)23-11-24-22/h5-8,10-11,13,28H,4,9,14H2,1-3H3;6-12H,1-5H3,(H,24,27);7-12H,6H2,1-5H3;6-11H,5H2,1-4H3. The number of nitrogens with one attached hydrogen (secondary N) is 2. The molecule has 16 rings (SSSR count). The highest BCUT2D eigenvalue weighted by molar-refractivity contribution is 7.99. The molecule has 29 heteroatoms. The molecule has 0 unspecified atom stereocenters. The molecule has 0 atom stereocenters. The van der Waals surface area contributed by atoms with Crippen LogP contribution in [0.5, 0.6) is 57.6 Å². The van der Waals surface area contributed by atoms with Crippen molar-refractivity contribution in [2.24, 2.45) is 0 Å². The van der Waals surface area contributed by atoms with Crippen LogP contribution in [0.25, 0.3) is 87.5 Å². The molecule has 16 aromatic rings. The Kier molecular flexibility index (Phi) is 26.6. The minimum Gasteiger partial charge on any atom is -0.493 e. The fraction of sp³-hybridized carbons (Fsp3) is 0.245. The average Bonchev–Trinajstić information content (AvgIpc) is 1.73. The van der Waals surface area contributed by atoms with Crippen molar-refractivity contribution in [2.75, 3.05) is 75.2 Å². The van der Waals surface area contributed by atoms with E-state index < -0.39 is 0 Å². The van der Waals surface area contributed by atoms with Crippen LogP contribution in [0.15, 0.2) is 180 Å². The number of nitriles is 1. The molecule has 628 valence electrons. The van der Waals surface area contributed by atoms with Crippen LogP contribution in [0.2, 0.25) is 0 Å². The number of likely N-dealkylation sites (N-methyl/N-ethyl adjacent to an activating group) is 1. The number of benzene rings is 8. The Balaban J connectivity index is 0.000000141. The fourth-order valence-corrected chi connectivity index (χ4v) is 15.3. The van der Waals surface area contributed by atoms with Crippen LogP contribution in [0, 0.1) is 32.1 Å². The Bertz CT molecular complexity index is 6820. The van der Waals surface area contributed by atoms with E-state index in [9.17, 15) is 29.2 Å². The molecule has 0 bridgehead atoms. The molecule has 123 heavy (non-hydrogen) atoms. The summed E-state index contributed by atoms with van der Waals surface area (Å²) >= 11 is 1.50. The summed E-state index contributed by atoms with van der Waals surface area (Å²) < 4.78 is 68.1. The Morgan fingerprint density at radius 1 is 0.480 bits per heavy atom. The van der Waals surface area contributed by atoms with Crippen molar-refractivity contribution in [3.63, 3.8) is 0 Å².